The standard InChI is InChI=1S/C12H15N3O2/c1-12(2,11(16)17)7-15-10-5-9(13)4-3-8(10)6-14-15/h3-6H,7,13H2,1-2H3,(H,16,17). The third-order valence-electron chi connectivity index (χ3n) is 2.79. The summed E-state index contributed by atoms with van der Waals surface area (Å²) in [4.78, 5) is 11.1. The Balaban J connectivity index is 2.43. The molecule has 3 N–H and O–H groups in total. The quantitative estimate of drug-likeness (QED) is 0.791. The van der Waals surface area contributed by atoms with Gasteiger partial charge in [0.05, 0.1) is 23.7 Å². The molecule has 1 aromatic heterocycles. The number of rotatable bonds is 3. The van der Waals surface area contributed by atoms with Crippen LogP contribution in [0, 0.1) is 5.41 Å². The van der Waals surface area contributed by atoms with Gasteiger partial charge in [-0.05, 0) is 32.0 Å². The van der Waals surface area contributed by atoms with Gasteiger partial charge in [-0.25, -0.2) is 0 Å². The Morgan fingerprint density at radius 1 is 1.53 bits per heavy atom. The van der Waals surface area contributed by atoms with Crippen molar-refractivity contribution in [2.24, 2.45) is 5.41 Å². The molecule has 0 atom stereocenters. The van der Waals surface area contributed by atoms with Crippen molar-refractivity contribution in [2.75, 3.05) is 5.73 Å². The Morgan fingerprint density at radius 3 is 2.88 bits per heavy atom. The van der Waals surface area contributed by atoms with E-state index in [0.29, 0.717) is 12.2 Å². The van der Waals surface area contributed by atoms with Crippen molar-refractivity contribution < 1.29 is 9.90 Å². The van der Waals surface area contributed by atoms with Crippen molar-refractivity contribution in [1.29, 1.82) is 0 Å². The van der Waals surface area contributed by atoms with Gasteiger partial charge in [-0.1, -0.05) is 0 Å². The largest absolute Gasteiger partial charge is 0.481 e. The van der Waals surface area contributed by atoms with Crippen molar-refractivity contribution in [3.8, 4) is 0 Å². The first-order valence-electron chi connectivity index (χ1n) is 5.34. The van der Waals surface area contributed by atoms with E-state index < -0.39 is 11.4 Å². The Bertz CT molecular complexity index is 572. The van der Waals surface area contributed by atoms with E-state index in [1.807, 2.05) is 6.07 Å². The van der Waals surface area contributed by atoms with Gasteiger partial charge in [0, 0.05) is 11.1 Å². The van der Waals surface area contributed by atoms with E-state index >= 15 is 0 Å². The summed E-state index contributed by atoms with van der Waals surface area (Å²) in [5.74, 6) is -0.843. The number of anilines is 1. The van der Waals surface area contributed by atoms with Crippen molar-refractivity contribution in [3.05, 3.63) is 24.4 Å². The number of fused-ring (bicyclic) bond motifs is 1. The van der Waals surface area contributed by atoms with Crippen LogP contribution >= 0.6 is 0 Å². The van der Waals surface area contributed by atoms with E-state index in [1.54, 1.807) is 36.9 Å². The summed E-state index contributed by atoms with van der Waals surface area (Å²) in [6, 6.07) is 5.49. The number of nitrogens with two attached hydrogens (primary N) is 1. The van der Waals surface area contributed by atoms with Crippen LogP contribution in [0.15, 0.2) is 24.4 Å². The summed E-state index contributed by atoms with van der Waals surface area (Å²) < 4.78 is 1.68. The van der Waals surface area contributed by atoms with Crippen LogP contribution in [0.3, 0.4) is 0 Å². The average Bonchev–Trinajstić information content (AvgIpc) is 2.60. The molecule has 2 rings (SSSR count). The summed E-state index contributed by atoms with van der Waals surface area (Å²) in [5.41, 5.74) is 6.37. The second-order valence-corrected chi connectivity index (χ2v) is 4.81. The Labute approximate surface area is 98.8 Å². The van der Waals surface area contributed by atoms with Crippen molar-refractivity contribution in [3.63, 3.8) is 0 Å². The molecule has 0 aliphatic carbocycles. The van der Waals surface area contributed by atoms with Crippen LogP contribution in [0.25, 0.3) is 10.9 Å². The first-order valence-corrected chi connectivity index (χ1v) is 5.34. The lowest BCUT2D eigenvalue weighted by Crippen LogP contribution is -2.29. The first kappa shape index (κ1) is 11.4. The second-order valence-electron chi connectivity index (χ2n) is 4.81. The maximum Gasteiger partial charge on any atom is 0.310 e. The zero-order chi connectivity index (χ0) is 12.6. The van der Waals surface area contributed by atoms with E-state index in [-0.39, 0.29) is 0 Å². The van der Waals surface area contributed by atoms with Crippen LogP contribution in [0.5, 0.6) is 0 Å². The fourth-order valence-corrected chi connectivity index (χ4v) is 1.66. The molecule has 0 unspecified atom stereocenters. The molecule has 0 amide bonds. The molecule has 5 heteroatoms. The Morgan fingerprint density at radius 2 is 2.24 bits per heavy atom. The number of carbonyl (C=O) groups is 1. The van der Waals surface area contributed by atoms with Crippen LogP contribution in [0.2, 0.25) is 0 Å². The predicted octanol–water partition coefficient (Wildman–Crippen LogP) is 1.73. The fourth-order valence-electron chi connectivity index (χ4n) is 1.66. The lowest BCUT2D eigenvalue weighted by molar-refractivity contribution is -0.147. The van der Waals surface area contributed by atoms with E-state index in [4.69, 9.17) is 10.8 Å². The van der Waals surface area contributed by atoms with Gasteiger partial charge in [-0.15, -0.1) is 0 Å². The van der Waals surface area contributed by atoms with E-state index in [1.165, 1.54) is 0 Å². The van der Waals surface area contributed by atoms with Crippen LogP contribution in [0.4, 0.5) is 5.69 Å². The van der Waals surface area contributed by atoms with Crippen LogP contribution in [-0.4, -0.2) is 20.9 Å². The molecule has 0 saturated heterocycles. The van der Waals surface area contributed by atoms with E-state index in [0.717, 1.165) is 10.9 Å². The molecule has 90 valence electrons. The van der Waals surface area contributed by atoms with Crippen molar-refractivity contribution >= 4 is 22.6 Å². The van der Waals surface area contributed by atoms with Gasteiger partial charge >= 0.3 is 5.97 Å². The molecule has 0 spiro atoms. The SMILES string of the molecule is CC(C)(Cn1ncc2ccc(N)cc21)C(=O)O. The topological polar surface area (TPSA) is 81.1 Å². The molecular formula is C12H15N3O2. The average molecular weight is 233 g/mol. The number of hydrogen-bond acceptors (Lipinski definition) is 3. The zero-order valence-corrected chi connectivity index (χ0v) is 9.84. The van der Waals surface area contributed by atoms with E-state index in [9.17, 15) is 4.79 Å². The number of nitrogens with zero attached hydrogens (tertiary/aromatic N) is 2. The summed E-state index contributed by atoms with van der Waals surface area (Å²) in [7, 11) is 0. The summed E-state index contributed by atoms with van der Waals surface area (Å²) >= 11 is 0. The molecule has 17 heavy (non-hydrogen) atoms. The zero-order valence-electron chi connectivity index (χ0n) is 9.84. The minimum absolute atomic E-state index is 0.315. The molecular weight excluding hydrogens is 218 g/mol. The van der Waals surface area contributed by atoms with Gasteiger partial charge in [0.1, 0.15) is 0 Å². The summed E-state index contributed by atoms with van der Waals surface area (Å²) in [6.45, 7) is 3.67. The number of carboxylic acid groups (broad SMARTS) is 1. The van der Waals surface area contributed by atoms with Crippen LogP contribution in [-0.2, 0) is 11.3 Å². The first-order chi connectivity index (χ1) is 7.90. The number of hydrogen-bond donors (Lipinski definition) is 2. The van der Waals surface area contributed by atoms with Crippen molar-refractivity contribution in [2.45, 2.75) is 20.4 Å². The van der Waals surface area contributed by atoms with Gasteiger partial charge in [0.2, 0.25) is 0 Å². The molecule has 1 heterocycles. The van der Waals surface area contributed by atoms with Gasteiger partial charge < -0.3 is 10.8 Å². The molecule has 0 radical (unpaired) electrons. The van der Waals surface area contributed by atoms with Crippen molar-refractivity contribution in [1.82, 2.24) is 9.78 Å². The minimum Gasteiger partial charge on any atom is -0.481 e. The fraction of sp³-hybridized carbons (Fsp3) is 0.333. The molecule has 0 aliphatic heterocycles. The molecule has 0 saturated carbocycles. The lowest BCUT2D eigenvalue weighted by Gasteiger charge is -2.19. The molecule has 0 bridgehead atoms. The molecule has 1 aromatic carbocycles. The maximum absolute atomic E-state index is 11.1. The minimum atomic E-state index is -0.858. The number of benzene rings is 1. The summed E-state index contributed by atoms with van der Waals surface area (Å²) in [6.07, 6.45) is 1.71. The second kappa shape index (κ2) is 3.76. The van der Waals surface area contributed by atoms with Crippen LogP contribution in [0.1, 0.15) is 13.8 Å². The Kier molecular flexibility index (Phi) is 2.53. The highest BCUT2D eigenvalue weighted by molar-refractivity contribution is 5.82. The normalized spacial score (nSPS) is 11.9. The molecule has 0 aliphatic rings. The Hall–Kier alpha value is -2.04. The highest BCUT2D eigenvalue weighted by atomic mass is 16.4. The third-order valence-corrected chi connectivity index (χ3v) is 2.79. The van der Waals surface area contributed by atoms with E-state index in [2.05, 4.69) is 5.10 Å². The smallest absolute Gasteiger partial charge is 0.310 e. The highest BCUT2D eigenvalue weighted by Gasteiger charge is 2.28. The summed E-state index contributed by atoms with van der Waals surface area (Å²) in [5, 5.41) is 14.3. The number of aromatic nitrogens is 2. The number of carboxylic acids is 1. The van der Waals surface area contributed by atoms with Gasteiger partial charge in [0.15, 0.2) is 0 Å². The predicted molar refractivity (Wildman–Crippen MR) is 65.6 cm³/mol. The maximum atomic E-state index is 11.1. The third kappa shape index (κ3) is 2.08. The molecule has 0 fully saturated rings. The lowest BCUT2D eigenvalue weighted by atomic mass is 9.94. The monoisotopic (exact) mass is 233 g/mol. The number of aliphatic carboxylic acids is 1. The molecule has 2 aromatic rings. The highest BCUT2D eigenvalue weighted by Crippen LogP contribution is 2.23. The van der Waals surface area contributed by atoms with Gasteiger partial charge in [-0.2, -0.15) is 5.10 Å². The number of nitrogen functional groups attached to an aromatic ring is 1. The van der Waals surface area contributed by atoms with Gasteiger partial charge in [-0.3, -0.25) is 9.48 Å². The van der Waals surface area contributed by atoms with Crippen LogP contribution < -0.4 is 5.73 Å². The van der Waals surface area contributed by atoms with Gasteiger partial charge in [0.25, 0.3) is 0 Å². The molecule has 5 nitrogen and oxygen atoms in total.